The number of fused-ring (bicyclic) bond motifs is 3. The third-order valence-corrected chi connectivity index (χ3v) is 10.3. The van der Waals surface area contributed by atoms with Crippen LogP contribution in [0.4, 0.5) is 0 Å². The number of allylic oxidation sites excluding steroid dienone is 2. The van der Waals surface area contributed by atoms with Gasteiger partial charge in [-0.05, 0) is 93.8 Å². The summed E-state index contributed by atoms with van der Waals surface area (Å²) in [4.78, 5) is 5.13. The van der Waals surface area contributed by atoms with Crippen LogP contribution in [0.3, 0.4) is 0 Å². The highest BCUT2D eigenvalue weighted by molar-refractivity contribution is 6.14. The topological polar surface area (TPSA) is 17.3 Å². The monoisotopic (exact) mass is 682 g/mol. The summed E-state index contributed by atoms with van der Waals surface area (Å²) in [5.74, 6) is 0.320. The summed E-state index contributed by atoms with van der Waals surface area (Å²) in [5, 5.41) is 2.48. The molecule has 0 amide bonds. The molecule has 8 rings (SSSR count). The summed E-state index contributed by atoms with van der Waals surface area (Å²) in [7, 11) is 0. The fourth-order valence-electron chi connectivity index (χ4n) is 7.23. The SMILES string of the molecule is C=C(N=C(/C=C(/c1ccc(-n2c3ccc(-c4ccccc4)cc3c3cc(-c4ccccc4)ccc32)cc1)C(C)CC)c1ccccc1)c1ccccc1. The number of nitrogens with zero attached hydrogens (tertiary/aromatic N) is 2. The summed E-state index contributed by atoms with van der Waals surface area (Å²) in [5.41, 5.74) is 14.6. The predicted octanol–water partition coefficient (Wildman–Crippen LogP) is 13.7. The average molecular weight is 683 g/mol. The van der Waals surface area contributed by atoms with E-state index in [1.54, 1.807) is 0 Å². The number of hydrogen-bond acceptors (Lipinski definition) is 1. The zero-order chi connectivity index (χ0) is 36.1. The Kier molecular flexibility index (Phi) is 9.51. The zero-order valence-electron chi connectivity index (χ0n) is 30.3. The van der Waals surface area contributed by atoms with E-state index in [0.29, 0.717) is 5.92 Å². The van der Waals surface area contributed by atoms with Gasteiger partial charge in [0.1, 0.15) is 0 Å². The van der Waals surface area contributed by atoms with Crippen molar-refractivity contribution in [2.75, 3.05) is 0 Å². The van der Waals surface area contributed by atoms with Gasteiger partial charge in [0, 0.05) is 22.0 Å². The van der Waals surface area contributed by atoms with Gasteiger partial charge in [-0.3, -0.25) is 0 Å². The zero-order valence-corrected chi connectivity index (χ0v) is 30.3. The lowest BCUT2D eigenvalue weighted by Gasteiger charge is -2.17. The first-order valence-electron chi connectivity index (χ1n) is 18.5. The molecule has 2 nitrogen and oxygen atoms in total. The molecule has 0 saturated carbocycles. The van der Waals surface area contributed by atoms with Crippen LogP contribution in [0.25, 0.3) is 61.0 Å². The molecule has 53 heavy (non-hydrogen) atoms. The van der Waals surface area contributed by atoms with Crippen molar-refractivity contribution < 1.29 is 0 Å². The quantitative estimate of drug-likeness (QED) is 0.128. The summed E-state index contributed by atoms with van der Waals surface area (Å²) in [6, 6.07) is 64.8. The number of benzene rings is 7. The molecule has 7 aromatic carbocycles. The van der Waals surface area contributed by atoms with Crippen LogP contribution in [0.2, 0.25) is 0 Å². The first-order chi connectivity index (χ1) is 26.1. The molecular formula is C51H42N2. The second kappa shape index (κ2) is 15.0. The molecule has 0 radical (unpaired) electrons. The Morgan fingerprint density at radius 2 is 1.02 bits per heavy atom. The van der Waals surface area contributed by atoms with Crippen LogP contribution in [-0.4, -0.2) is 10.3 Å². The summed E-state index contributed by atoms with van der Waals surface area (Å²) in [6.45, 7) is 8.90. The maximum atomic E-state index is 5.13. The van der Waals surface area contributed by atoms with Crippen LogP contribution in [0.15, 0.2) is 200 Å². The largest absolute Gasteiger partial charge is 0.309 e. The van der Waals surface area contributed by atoms with E-state index in [9.17, 15) is 0 Å². The van der Waals surface area contributed by atoms with Gasteiger partial charge in [-0.15, -0.1) is 0 Å². The van der Waals surface area contributed by atoms with E-state index < -0.39 is 0 Å². The maximum Gasteiger partial charge on any atom is 0.0712 e. The molecule has 0 spiro atoms. The van der Waals surface area contributed by atoms with Crippen molar-refractivity contribution in [1.82, 2.24) is 4.57 Å². The van der Waals surface area contributed by atoms with Gasteiger partial charge in [0.05, 0.1) is 22.4 Å². The Bertz CT molecular complexity index is 2480. The van der Waals surface area contributed by atoms with Crippen LogP contribution in [-0.2, 0) is 0 Å². The van der Waals surface area contributed by atoms with Gasteiger partial charge in [0.2, 0.25) is 0 Å². The van der Waals surface area contributed by atoms with Crippen LogP contribution in [0, 0.1) is 5.92 Å². The highest BCUT2D eigenvalue weighted by Gasteiger charge is 2.17. The second-order valence-electron chi connectivity index (χ2n) is 13.7. The van der Waals surface area contributed by atoms with Crippen molar-refractivity contribution in [2.24, 2.45) is 10.9 Å². The first-order valence-corrected chi connectivity index (χ1v) is 18.5. The molecule has 0 aliphatic rings. The molecule has 0 bridgehead atoms. The second-order valence-corrected chi connectivity index (χ2v) is 13.7. The van der Waals surface area contributed by atoms with E-state index >= 15 is 0 Å². The van der Waals surface area contributed by atoms with E-state index in [1.165, 1.54) is 55.2 Å². The normalized spacial score (nSPS) is 12.6. The molecular weight excluding hydrogens is 641 g/mol. The molecule has 0 aliphatic heterocycles. The number of rotatable bonds is 10. The van der Waals surface area contributed by atoms with Gasteiger partial charge in [-0.1, -0.05) is 166 Å². The summed E-state index contributed by atoms with van der Waals surface area (Å²) >= 11 is 0. The minimum Gasteiger partial charge on any atom is -0.309 e. The lowest BCUT2D eigenvalue weighted by atomic mass is 9.89. The van der Waals surface area contributed by atoms with Crippen LogP contribution in [0.1, 0.15) is 37.0 Å². The van der Waals surface area contributed by atoms with Crippen LogP contribution < -0.4 is 0 Å². The van der Waals surface area contributed by atoms with Gasteiger partial charge >= 0.3 is 0 Å². The van der Waals surface area contributed by atoms with Gasteiger partial charge in [-0.2, -0.15) is 0 Å². The smallest absolute Gasteiger partial charge is 0.0712 e. The lowest BCUT2D eigenvalue weighted by Crippen LogP contribution is -2.04. The van der Waals surface area contributed by atoms with Crippen LogP contribution in [0.5, 0.6) is 0 Å². The Labute approximate surface area is 312 Å². The molecule has 1 atom stereocenters. The van der Waals surface area contributed by atoms with Gasteiger partial charge in [-0.25, -0.2) is 4.99 Å². The molecule has 0 N–H and O–H groups in total. The van der Waals surface area contributed by atoms with Crippen molar-refractivity contribution in [2.45, 2.75) is 20.3 Å². The summed E-state index contributed by atoms with van der Waals surface area (Å²) in [6.07, 6.45) is 3.28. The van der Waals surface area contributed by atoms with Crippen molar-refractivity contribution >= 4 is 38.8 Å². The van der Waals surface area contributed by atoms with Crippen molar-refractivity contribution in [3.8, 4) is 27.9 Å². The highest BCUT2D eigenvalue weighted by Crippen LogP contribution is 2.38. The van der Waals surface area contributed by atoms with Crippen LogP contribution >= 0.6 is 0 Å². The van der Waals surface area contributed by atoms with Crippen molar-refractivity contribution in [1.29, 1.82) is 0 Å². The molecule has 0 fully saturated rings. The molecule has 0 saturated heterocycles. The molecule has 1 heterocycles. The number of hydrogen-bond donors (Lipinski definition) is 0. The van der Waals surface area contributed by atoms with E-state index in [4.69, 9.17) is 4.99 Å². The van der Waals surface area contributed by atoms with Gasteiger partial charge in [0.15, 0.2) is 0 Å². The average Bonchev–Trinajstić information content (AvgIpc) is 3.56. The summed E-state index contributed by atoms with van der Waals surface area (Å²) < 4.78 is 2.41. The van der Waals surface area contributed by atoms with E-state index in [1.807, 2.05) is 24.3 Å². The van der Waals surface area contributed by atoms with E-state index in [0.717, 1.165) is 34.6 Å². The molecule has 1 unspecified atom stereocenters. The minimum atomic E-state index is 0.320. The van der Waals surface area contributed by atoms with Crippen molar-refractivity contribution in [3.05, 3.63) is 211 Å². The maximum absolute atomic E-state index is 5.13. The van der Waals surface area contributed by atoms with Gasteiger partial charge < -0.3 is 4.57 Å². The molecule has 8 aromatic rings. The van der Waals surface area contributed by atoms with E-state index in [-0.39, 0.29) is 0 Å². The minimum absolute atomic E-state index is 0.320. The highest BCUT2D eigenvalue weighted by atomic mass is 15.0. The Morgan fingerprint density at radius 3 is 1.51 bits per heavy atom. The Morgan fingerprint density at radius 1 is 0.547 bits per heavy atom. The Balaban J connectivity index is 1.25. The standard InChI is InChI=1S/C51H42N2/c1-4-36(2)46(35-49(42-23-15-8-16-24-42)52-37(3)38-17-9-5-10-18-38)41-25-29-45(30-26-41)53-50-31-27-43(39-19-11-6-12-20-39)33-47(50)48-34-44(28-32-51(48)53)40-21-13-7-14-22-40/h5-36H,3-4H2,1-2H3/b46-35+,52-49?. The van der Waals surface area contributed by atoms with E-state index in [2.05, 4.69) is 189 Å². The molecule has 1 aromatic heterocycles. The third kappa shape index (κ3) is 6.92. The molecule has 0 aliphatic carbocycles. The first kappa shape index (κ1) is 33.6. The lowest BCUT2D eigenvalue weighted by molar-refractivity contribution is 0.718. The number of aromatic nitrogens is 1. The third-order valence-electron chi connectivity index (χ3n) is 10.3. The van der Waals surface area contributed by atoms with Gasteiger partial charge in [0.25, 0.3) is 0 Å². The fourth-order valence-corrected chi connectivity index (χ4v) is 7.23. The predicted molar refractivity (Wildman–Crippen MR) is 228 cm³/mol. The Hall–Kier alpha value is -6.51. The molecule has 2 heteroatoms. The van der Waals surface area contributed by atoms with Crippen molar-refractivity contribution in [3.63, 3.8) is 0 Å². The number of aliphatic imine (C=N–C) groups is 1. The molecule has 256 valence electrons. The fraction of sp³-hybridized carbons (Fsp3) is 0.0784.